The zero-order valence-corrected chi connectivity index (χ0v) is 17.7. The molecule has 0 amide bonds. The second-order valence-electron chi connectivity index (χ2n) is 8.36. The first-order valence-electron chi connectivity index (χ1n) is 9.98. The Kier molecular flexibility index (Phi) is 5.26. The summed E-state index contributed by atoms with van der Waals surface area (Å²) in [6.45, 7) is 8.31. The van der Waals surface area contributed by atoms with Crippen LogP contribution in [0.3, 0.4) is 0 Å². The number of ether oxygens (including phenoxy) is 1. The van der Waals surface area contributed by atoms with E-state index in [0.717, 1.165) is 16.8 Å². The second-order valence-corrected chi connectivity index (χ2v) is 8.36. The number of rotatable bonds is 5. The average Bonchev–Trinajstić information content (AvgIpc) is 3.29. The van der Waals surface area contributed by atoms with Gasteiger partial charge >= 0.3 is 13.1 Å². The first kappa shape index (κ1) is 20.4. The standard InChI is InChI=1S/C23H25BN2O4/c1-22(2)23(3,4)30-24(29-22)20-14-15-25-26(20)19-12-10-18(11-13-19)21(27)28-16-17-8-6-5-7-9-17/h5-15H,16H2,1-4H3. The lowest BCUT2D eigenvalue weighted by Gasteiger charge is -2.32. The maximum atomic E-state index is 12.4. The van der Waals surface area contributed by atoms with Gasteiger partial charge in [-0.05, 0) is 63.6 Å². The zero-order chi connectivity index (χ0) is 21.4. The molecule has 0 bridgehead atoms. The summed E-state index contributed by atoms with van der Waals surface area (Å²) in [5, 5.41) is 4.42. The lowest BCUT2D eigenvalue weighted by Crippen LogP contribution is -2.41. The van der Waals surface area contributed by atoms with E-state index in [-0.39, 0.29) is 12.6 Å². The van der Waals surface area contributed by atoms with Crippen molar-refractivity contribution in [3.05, 3.63) is 78.0 Å². The fourth-order valence-corrected chi connectivity index (χ4v) is 3.22. The molecule has 7 heteroatoms. The first-order valence-corrected chi connectivity index (χ1v) is 9.98. The lowest BCUT2D eigenvalue weighted by molar-refractivity contribution is 0.00578. The van der Waals surface area contributed by atoms with Crippen LogP contribution >= 0.6 is 0 Å². The lowest BCUT2D eigenvalue weighted by atomic mass is 9.84. The third kappa shape index (κ3) is 3.91. The topological polar surface area (TPSA) is 62.6 Å². The summed E-state index contributed by atoms with van der Waals surface area (Å²) < 4.78 is 19.5. The SMILES string of the molecule is CC1(C)OB(c2ccnn2-c2ccc(C(=O)OCc3ccccc3)cc2)OC1(C)C. The summed E-state index contributed by atoms with van der Waals surface area (Å²) in [6, 6.07) is 18.6. The molecular weight excluding hydrogens is 379 g/mol. The molecule has 1 aliphatic heterocycles. The van der Waals surface area contributed by atoms with E-state index in [1.54, 1.807) is 23.0 Å². The van der Waals surface area contributed by atoms with Crippen molar-refractivity contribution in [2.75, 3.05) is 0 Å². The van der Waals surface area contributed by atoms with E-state index in [1.165, 1.54) is 0 Å². The fraction of sp³-hybridized carbons (Fsp3) is 0.304. The van der Waals surface area contributed by atoms with Crippen LogP contribution < -0.4 is 5.59 Å². The molecule has 2 heterocycles. The Morgan fingerprint density at radius 2 is 1.60 bits per heavy atom. The third-order valence-electron chi connectivity index (χ3n) is 5.73. The van der Waals surface area contributed by atoms with E-state index >= 15 is 0 Å². The average molecular weight is 404 g/mol. The molecule has 0 spiro atoms. The summed E-state index contributed by atoms with van der Waals surface area (Å²) in [5.41, 5.74) is 2.18. The number of nitrogens with zero attached hydrogens (tertiary/aromatic N) is 2. The van der Waals surface area contributed by atoms with Gasteiger partial charge in [0.25, 0.3) is 0 Å². The zero-order valence-electron chi connectivity index (χ0n) is 17.7. The highest BCUT2D eigenvalue weighted by atomic mass is 16.7. The molecule has 1 saturated heterocycles. The van der Waals surface area contributed by atoms with Crippen molar-refractivity contribution in [2.45, 2.75) is 45.5 Å². The van der Waals surface area contributed by atoms with E-state index < -0.39 is 18.3 Å². The first-order chi connectivity index (χ1) is 14.3. The van der Waals surface area contributed by atoms with E-state index in [1.807, 2.05) is 76.2 Å². The molecule has 0 N–H and O–H groups in total. The van der Waals surface area contributed by atoms with Crippen molar-refractivity contribution >= 4 is 18.7 Å². The Morgan fingerprint density at radius 3 is 2.23 bits per heavy atom. The van der Waals surface area contributed by atoms with Gasteiger partial charge in [0.05, 0.1) is 28.0 Å². The van der Waals surface area contributed by atoms with Gasteiger partial charge in [0.15, 0.2) is 0 Å². The Balaban J connectivity index is 1.48. The number of carbonyl (C=O) groups is 1. The van der Waals surface area contributed by atoms with Crippen molar-refractivity contribution in [2.24, 2.45) is 0 Å². The van der Waals surface area contributed by atoms with E-state index in [9.17, 15) is 4.79 Å². The molecule has 4 rings (SSSR count). The highest BCUT2D eigenvalue weighted by Crippen LogP contribution is 2.36. The maximum absolute atomic E-state index is 12.4. The van der Waals surface area contributed by atoms with E-state index in [2.05, 4.69) is 5.10 Å². The molecule has 30 heavy (non-hydrogen) atoms. The van der Waals surface area contributed by atoms with Crippen LogP contribution in [0.1, 0.15) is 43.6 Å². The number of aromatic nitrogens is 2. The van der Waals surface area contributed by atoms with Crippen molar-refractivity contribution in [1.82, 2.24) is 9.78 Å². The van der Waals surface area contributed by atoms with Crippen LogP contribution in [-0.4, -0.2) is 34.1 Å². The Hall–Kier alpha value is -2.90. The largest absolute Gasteiger partial charge is 0.514 e. The minimum absolute atomic E-state index is 0.243. The molecule has 3 aromatic rings. The van der Waals surface area contributed by atoms with Crippen LogP contribution in [0.25, 0.3) is 5.69 Å². The number of hydrogen-bond acceptors (Lipinski definition) is 5. The molecule has 0 radical (unpaired) electrons. The molecule has 1 fully saturated rings. The predicted octanol–water partition coefficient (Wildman–Crippen LogP) is 3.53. The van der Waals surface area contributed by atoms with Crippen molar-refractivity contribution < 1.29 is 18.8 Å². The van der Waals surface area contributed by atoms with Gasteiger partial charge in [-0.3, -0.25) is 0 Å². The van der Waals surface area contributed by atoms with Gasteiger partial charge in [0, 0.05) is 6.20 Å². The smallest absolute Gasteiger partial charge is 0.457 e. The predicted molar refractivity (Wildman–Crippen MR) is 115 cm³/mol. The molecule has 1 aliphatic rings. The molecule has 6 nitrogen and oxygen atoms in total. The van der Waals surface area contributed by atoms with Gasteiger partial charge < -0.3 is 14.0 Å². The molecule has 0 unspecified atom stereocenters. The van der Waals surface area contributed by atoms with Crippen LogP contribution in [0.4, 0.5) is 0 Å². The van der Waals surface area contributed by atoms with Crippen LogP contribution in [0.2, 0.25) is 0 Å². The number of esters is 1. The van der Waals surface area contributed by atoms with Gasteiger partial charge in [-0.1, -0.05) is 30.3 Å². The third-order valence-corrected chi connectivity index (χ3v) is 5.73. The summed E-state index contributed by atoms with van der Waals surface area (Å²) in [6.07, 6.45) is 1.71. The minimum Gasteiger partial charge on any atom is -0.457 e. The fourth-order valence-electron chi connectivity index (χ4n) is 3.22. The highest BCUT2D eigenvalue weighted by molar-refractivity contribution is 6.61. The molecule has 0 aliphatic carbocycles. The number of carbonyl (C=O) groups excluding carboxylic acids is 1. The Bertz CT molecular complexity index is 1010. The molecule has 2 aromatic carbocycles. The van der Waals surface area contributed by atoms with Crippen molar-refractivity contribution in [3.8, 4) is 5.69 Å². The number of benzene rings is 2. The van der Waals surface area contributed by atoms with Crippen LogP contribution in [0.5, 0.6) is 0 Å². The van der Waals surface area contributed by atoms with Crippen LogP contribution in [-0.2, 0) is 20.7 Å². The second kappa shape index (κ2) is 7.74. The van der Waals surface area contributed by atoms with Crippen molar-refractivity contribution in [1.29, 1.82) is 0 Å². The quantitative estimate of drug-likeness (QED) is 0.481. The van der Waals surface area contributed by atoms with Gasteiger partial charge in [0.2, 0.25) is 0 Å². The van der Waals surface area contributed by atoms with E-state index in [4.69, 9.17) is 14.0 Å². The summed E-state index contributed by atoms with van der Waals surface area (Å²) >= 11 is 0. The van der Waals surface area contributed by atoms with Crippen LogP contribution in [0.15, 0.2) is 66.9 Å². The molecule has 0 saturated carbocycles. The molecule has 154 valence electrons. The van der Waals surface area contributed by atoms with Gasteiger partial charge in [-0.2, -0.15) is 5.10 Å². The number of hydrogen-bond donors (Lipinski definition) is 0. The summed E-state index contributed by atoms with van der Waals surface area (Å²) in [5.74, 6) is -0.364. The molecular formula is C23H25BN2O4. The van der Waals surface area contributed by atoms with E-state index in [0.29, 0.717) is 5.56 Å². The summed E-state index contributed by atoms with van der Waals surface area (Å²) in [7, 11) is -0.520. The Morgan fingerprint density at radius 1 is 0.967 bits per heavy atom. The minimum atomic E-state index is -0.520. The summed E-state index contributed by atoms with van der Waals surface area (Å²) in [4.78, 5) is 12.4. The normalized spacial score (nSPS) is 17.1. The maximum Gasteiger partial charge on any atom is 0.514 e. The van der Waals surface area contributed by atoms with Gasteiger partial charge in [0.1, 0.15) is 6.61 Å². The molecule has 1 aromatic heterocycles. The molecule has 0 atom stereocenters. The Labute approximate surface area is 176 Å². The monoisotopic (exact) mass is 404 g/mol. The van der Waals surface area contributed by atoms with Crippen molar-refractivity contribution in [3.63, 3.8) is 0 Å². The van der Waals surface area contributed by atoms with Gasteiger partial charge in [-0.25, -0.2) is 9.48 Å². The van der Waals surface area contributed by atoms with Gasteiger partial charge in [-0.15, -0.1) is 0 Å². The van der Waals surface area contributed by atoms with Crippen LogP contribution in [0, 0.1) is 0 Å². The highest BCUT2D eigenvalue weighted by Gasteiger charge is 2.52.